The number of hydrogen-bond donors (Lipinski definition) is 0. The van der Waals surface area contributed by atoms with Crippen molar-refractivity contribution in [3.8, 4) is 0 Å². The zero-order chi connectivity index (χ0) is 14.2. The highest BCUT2D eigenvalue weighted by Gasteiger charge is 2.35. The molecule has 19 heavy (non-hydrogen) atoms. The highest BCUT2D eigenvalue weighted by atomic mass is 79.9. The third-order valence-corrected chi connectivity index (χ3v) is 4.26. The summed E-state index contributed by atoms with van der Waals surface area (Å²) in [7, 11) is 3.44. The largest absolute Gasteiger partial charge is 0.349 e. The summed E-state index contributed by atoms with van der Waals surface area (Å²) in [5.41, 5.74) is 1.94. The average molecular weight is 325 g/mol. The molecule has 0 radical (unpaired) electrons. The number of halogens is 1. The van der Waals surface area contributed by atoms with Gasteiger partial charge in [-0.3, -0.25) is 9.59 Å². The Kier molecular flexibility index (Phi) is 3.94. The van der Waals surface area contributed by atoms with Crippen molar-refractivity contribution in [1.29, 1.82) is 0 Å². The molecule has 0 saturated carbocycles. The van der Waals surface area contributed by atoms with Crippen LogP contribution in [0.4, 0.5) is 5.69 Å². The normalized spacial score (nSPS) is 18.8. The molecule has 1 saturated heterocycles. The first kappa shape index (κ1) is 14.1. The first-order chi connectivity index (χ1) is 8.90. The number of hydrogen-bond acceptors (Lipinski definition) is 2. The number of carbonyl (C=O) groups excluding carboxylic acids is 2. The van der Waals surface area contributed by atoms with Crippen molar-refractivity contribution in [3.05, 3.63) is 28.2 Å². The second-order valence-corrected chi connectivity index (χ2v) is 5.93. The van der Waals surface area contributed by atoms with Crippen LogP contribution in [0.3, 0.4) is 0 Å². The summed E-state index contributed by atoms with van der Waals surface area (Å²) in [6, 6.07) is 5.79. The second-order valence-electron chi connectivity index (χ2n) is 5.07. The van der Waals surface area contributed by atoms with E-state index in [2.05, 4.69) is 15.9 Å². The predicted molar refractivity (Wildman–Crippen MR) is 78.0 cm³/mol. The molecule has 102 valence electrons. The van der Waals surface area contributed by atoms with E-state index in [1.807, 2.05) is 25.1 Å². The molecule has 2 rings (SSSR count). The Morgan fingerprint density at radius 3 is 2.68 bits per heavy atom. The smallest absolute Gasteiger partial charge is 0.227 e. The van der Waals surface area contributed by atoms with Crippen LogP contribution < -0.4 is 4.90 Å². The van der Waals surface area contributed by atoms with Crippen LogP contribution >= 0.6 is 15.9 Å². The van der Waals surface area contributed by atoms with E-state index >= 15 is 0 Å². The van der Waals surface area contributed by atoms with Gasteiger partial charge in [-0.1, -0.05) is 15.9 Å². The molecule has 1 heterocycles. The van der Waals surface area contributed by atoms with Gasteiger partial charge in [-0.2, -0.15) is 0 Å². The highest BCUT2D eigenvalue weighted by molar-refractivity contribution is 9.10. The lowest BCUT2D eigenvalue weighted by Crippen LogP contribution is -2.32. The Labute approximate surface area is 121 Å². The summed E-state index contributed by atoms with van der Waals surface area (Å²) in [5.74, 6) is -0.196. The minimum atomic E-state index is -0.230. The maximum absolute atomic E-state index is 12.1. The molecule has 1 atom stereocenters. The lowest BCUT2D eigenvalue weighted by Gasteiger charge is -2.19. The minimum absolute atomic E-state index is 0.0157. The molecule has 2 amide bonds. The van der Waals surface area contributed by atoms with E-state index in [4.69, 9.17) is 0 Å². The van der Waals surface area contributed by atoms with E-state index in [1.54, 1.807) is 23.9 Å². The fraction of sp³-hybridized carbons (Fsp3) is 0.429. The zero-order valence-electron chi connectivity index (χ0n) is 11.3. The Morgan fingerprint density at radius 2 is 2.11 bits per heavy atom. The van der Waals surface area contributed by atoms with Crippen molar-refractivity contribution in [2.45, 2.75) is 13.3 Å². The molecular weight excluding hydrogens is 308 g/mol. The maximum atomic E-state index is 12.1. The topological polar surface area (TPSA) is 40.6 Å². The Hall–Kier alpha value is -1.36. The van der Waals surface area contributed by atoms with Gasteiger partial charge in [-0.15, -0.1) is 0 Å². The van der Waals surface area contributed by atoms with Crippen LogP contribution in [0.2, 0.25) is 0 Å². The van der Waals surface area contributed by atoms with Gasteiger partial charge in [0.2, 0.25) is 11.8 Å². The summed E-state index contributed by atoms with van der Waals surface area (Å²) < 4.78 is 1.02. The van der Waals surface area contributed by atoms with E-state index in [0.717, 1.165) is 15.7 Å². The van der Waals surface area contributed by atoms with E-state index < -0.39 is 0 Å². The molecule has 1 aromatic rings. The number of rotatable bonds is 2. The minimum Gasteiger partial charge on any atom is -0.349 e. The highest BCUT2D eigenvalue weighted by Crippen LogP contribution is 2.28. The monoisotopic (exact) mass is 324 g/mol. The molecule has 1 aliphatic rings. The first-order valence-electron chi connectivity index (χ1n) is 6.18. The molecular formula is C14H17BrN2O2. The maximum Gasteiger partial charge on any atom is 0.227 e. The van der Waals surface area contributed by atoms with Crippen LogP contribution in [0.1, 0.15) is 12.0 Å². The molecule has 0 bridgehead atoms. The molecule has 0 unspecified atom stereocenters. The molecule has 1 aliphatic heterocycles. The number of carbonyl (C=O) groups is 2. The molecule has 0 N–H and O–H groups in total. The van der Waals surface area contributed by atoms with Gasteiger partial charge in [-0.05, 0) is 30.7 Å². The molecule has 5 heteroatoms. The standard InChI is InChI=1S/C14H17BrN2O2/c1-9-6-11(4-5-12(9)15)17-8-10(7-13(17)18)14(19)16(2)3/h4-6,10H,7-8H2,1-3H3/t10-/m0/s1. The molecule has 0 aliphatic carbocycles. The molecule has 1 aromatic carbocycles. The van der Waals surface area contributed by atoms with Crippen LogP contribution in [-0.4, -0.2) is 37.4 Å². The lowest BCUT2D eigenvalue weighted by atomic mass is 10.1. The van der Waals surface area contributed by atoms with E-state index in [-0.39, 0.29) is 17.7 Å². The van der Waals surface area contributed by atoms with Crippen molar-refractivity contribution in [2.75, 3.05) is 25.5 Å². The fourth-order valence-corrected chi connectivity index (χ4v) is 2.53. The quantitative estimate of drug-likeness (QED) is 0.836. The van der Waals surface area contributed by atoms with Crippen molar-refractivity contribution in [2.24, 2.45) is 5.92 Å². The van der Waals surface area contributed by atoms with Crippen molar-refractivity contribution < 1.29 is 9.59 Å². The third kappa shape index (κ3) is 2.81. The number of amides is 2. The number of benzene rings is 1. The van der Waals surface area contributed by atoms with Gasteiger partial charge in [0.25, 0.3) is 0 Å². The molecule has 4 nitrogen and oxygen atoms in total. The lowest BCUT2D eigenvalue weighted by molar-refractivity contribution is -0.133. The summed E-state index contributed by atoms with van der Waals surface area (Å²) in [4.78, 5) is 27.2. The van der Waals surface area contributed by atoms with Gasteiger partial charge >= 0.3 is 0 Å². The Bertz CT molecular complexity index is 528. The van der Waals surface area contributed by atoms with Gasteiger partial charge in [0.15, 0.2) is 0 Å². The van der Waals surface area contributed by atoms with E-state index in [0.29, 0.717) is 13.0 Å². The Morgan fingerprint density at radius 1 is 1.42 bits per heavy atom. The number of anilines is 1. The van der Waals surface area contributed by atoms with Crippen LogP contribution in [0, 0.1) is 12.8 Å². The zero-order valence-corrected chi connectivity index (χ0v) is 12.9. The predicted octanol–water partition coefficient (Wildman–Crippen LogP) is 2.20. The van der Waals surface area contributed by atoms with Crippen LogP contribution in [0.5, 0.6) is 0 Å². The summed E-state index contributed by atoms with van der Waals surface area (Å²) >= 11 is 3.44. The van der Waals surface area contributed by atoms with Gasteiger partial charge < -0.3 is 9.80 Å². The van der Waals surface area contributed by atoms with Gasteiger partial charge in [0.1, 0.15) is 0 Å². The average Bonchev–Trinajstić information content (AvgIpc) is 2.73. The van der Waals surface area contributed by atoms with Crippen LogP contribution in [-0.2, 0) is 9.59 Å². The molecule has 0 aromatic heterocycles. The fourth-order valence-electron chi connectivity index (χ4n) is 2.28. The van der Waals surface area contributed by atoms with Crippen molar-refractivity contribution >= 4 is 33.4 Å². The van der Waals surface area contributed by atoms with Crippen LogP contribution in [0.15, 0.2) is 22.7 Å². The summed E-state index contributed by atoms with van der Waals surface area (Å²) in [6.07, 6.45) is 0.298. The third-order valence-electron chi connectivity index (χ3n) is 3.37. The summed E-state index contributed by atoms with van der Waals surface area (Å²) in [6.45, 7) is 2.45. The van der Waals surface area contributed by atoms with Gasteiger partial charge in [-0.25, -0.2) is 0 Å². The molecule has 1 fully saturated rings. The van der Waals surface area contributed by atoms with Gasteiger partial charge in [0, 0.05) is 37.2 Å². The number of nitrogens with zero attached hydrogens (tertiary/aromatic N) is 2. The Balaban J connectivity index is 2.20. The van der Waals surface area contributed by atoms with Gasteiger partial charge in [0.05, 0.1) is 5.92 Å². The molecule has 0 spiro atoms. The van der Waals surface area contributed by atoms with Crippen molar-refractivity contribution in [3.63, 3.8) is 0 Å². The number of aryl methyl sites for hydroxylation is 1. The van der Waals surface area contributed by atoms with E-state index in [9.17, 15) is 9.59 Å². The van der Waals surface area contributed by atoms with Crippen molar-refractivity contribution in [1.82, 2.24) is 4.90 Å². The summed E-state index contributed by atoms with van der Waals surface area (Å²) in [5, 5.41) is 0. The SMILES string of the molecule is Cc1cc(N2C[C@@H](C(=O)N(C)C)CC2=O)ccc1Br. The second kappa shape index (κ2) is 5.33. The van der Waals surface area contributed by atoms with E-state index in [1.165, 1.54) is 0 Å². The first-order valence-corrected chi connectivity index (χ1v) is 6.97. The van der Waals surface area contributed by atoms with Crippen LogP contribution in [0.25, 0.3) is 0 Å².